The Balaban J connectivity index is 2.42. The second-order valence-corrected chi connectivity index (χ2v) is 4.97. The van der Waals surface area contributed by atoms with Gasteiger partial charge in [0.15, 0.2) is 0 Å². The summed E-state index contributed by atoms with van der Waals surface area (Å²) >= 11 is 0. The molecule has 0 aromatic carbocycles. The van der Waals surface area contributed by atoms with Crippen LogP contribution in [0.25, 0.3) is 0 Å². The number of carboxylic acid groups (broad SMARTS) is 1. The average molecular weight is 241 g/mol. The lowest BCUT2D eigenvalue weighted by molar-refractivity contribution is -0.143. The quantitative estimate of drug-likeness (QED) is 0.663. The molecule has 1 aliphatic rings. The summed E-state index contributed by atoms with van der Waals surface area (Å²) in [7, 11) is 0. The van der Waals surface area contributed by atoms with Crippen molar-refractivity contribution in [2.24, 2.45) is 5.92 Å². The first kappa shape index (κ1) is 14.0. The van der Waals surface area contributed by atoms with Crippen molar-refractivity contribution in [1.82, 2.24) is 4.90 Å². The molecular weight excluding hydrogens is 218 g/mol. The molecule has 1 N–H and O–H groups in total. The Bertz CT molecular complexity index is 274. The van der Waals surface area contributed by atoms with E-state index in [1.807, 2.05) is 0 Å². The minimum absolute atomic E-state index is 0.133. The second-order valence-electron chi connectivity index (χ2n) is 4.97. The molecule has 98 valence electrons. The van der Waals surface area contributed by atoms with Crippen LogP contribution < -0.4 is 0 Å². The van der Waals surface area contributed by atoms with Gasteiger partial charge in [0.25, 0.3) is 0 Å². The van der Waals surface area contributed by atoms with Gasteiger partial charge in [-0.25, -0.2) is 0 Å². The summed E-state index contributed by atoms with van der Waals surface area (Å²) in [5.41, 5.74) is 0. The number of carboxylic acids is 1. The Morgan fingerprint density at radius 1 is 1.35 bits per heavy atom. The van der Waals surface area contributed by atoms with Crippen molar-refractivity contribution in [2.45, 2.75) is 58.4 Å². The maximum atomic E-state index is 12.0. The summed E-state index contributed by atoms with van der Waals surface area (Å²) in [5, 5.41) is 8.89. The van der Waals surface area contributed by atoms with Crippen molar-refractivity contribution in [3.63, 3.8) is 0 Å². The summed E-state index contributed by atoms with van der Waals surface area (Å²) in [5.74, 6) is -1.16. The Hall–Kier alpha value is -1.06. The van der Waals surface area contributed by atoms with Crippen molar-refractivity contribution in [3.05, 3.63) is 0 Å². The van der Waals surface area contributed by atoms with Crippen LogP contribution in [-0.2, 0) is 9.59 Å². The molecule has 0 aromatic rings. The van der Waals surface area contributed by atoms with Gasteiger partial charge in [0, 0.05) is 19.0 Å². The van der Waals surface area contributed by atoms with Crippen LogP contribution in [-0.4, -0.2) is 34.5 Å². The van der Waals surface area contributed by atoms with Gasteiger partial charge in [-0.05, 0) is 19.3 Å². The van der Waals surface area contributed by atoms with E-state index in [1.54, 1.807) is 11.8 Å². The molecule has 4 nitrogen and oxygen atoms in total. The third kappa shape index (κ3) is 4.75. The molecule has 1 unspecified atom stereocenters. The average Bonchev–Trinajstić information content (AvgIpc) is 3.09. The van der Waals surface area contributed by atoms with Gasteiger partial charge in [-0.1, -0.05) is 26.7 Å². The van der Waals surface area contributed by atoms with Crippen LogP contribution in [0.2, 0.25) is 0 Å². The molecule has 4 heteroatoms. The lowest BCUT2D eigenvalue weighted by Crippen LogP contribution is -2.38. The molecule has 0 aliphatic heterocycles. The first-order chi connectivity index (χ1) is 8.06. The molecule has 0 radical (unpaired) electrons. The van der Waals surface area contributed by atoms with Gasteiger partial charge in [-0.15, -0.1) is 0 Å². The fourth-order valence-corrected chi connectivity index (χ4v) is 1.88. The number of hydrogen-bond acceptors (Lipinski definition) is 2. The van der Waals surface area contributed by atoms with Gasteiger partial charge in [0.1, 0.15) is 0 Å². The highest BCUT2D eigenvalue weighted by Crippen LogP contribution is 2.28. The molecule has 17 heavy (non-hydrogen) atoms. The van der Waals surface area contributed by atoms with Gasteiger partial charge in [0.05, 0.1) is 5.92 Å². The van der Waals surface area contributed by atoms with E-state index >= 15 is 0 Å². The van der Waals surface area contributed by atoms with E-state index in [9.17, 15) is 9.59 Å². The van der Waals surface area contributed by atoms with Crippen molar-refractivity contribution in [2.75, 3.05) is 6.54 Å². The zero-order valence-electron chi connectivity index (χ0n) is 10.8. The standard InChI is InChI=1S/C13H23NO3/c1-3-4-5-6-12(15)14(11-7-8-11)9-10(2)13(16)17/h10-11H,3-9H2,1-2H3,(H,16,17). The number of unbranched alkanes of at least 4 members (excludes halogenated alkanes) is 2. The number of amides is 1. The number of nitrogens with zero attached hydrogens (tertiary/aromatic N) is 1. The summed E-state index contributed by atoms with van der Waals surface area (Å²) in [6.07, 6.45) is 5.72. The predicted molar refractivity (Wildman–Crippen MR) is 65.7 cm³/mol. The van der Waals surface area contributed by atoms with E-state index in [0.717, 1.165) is 32.1 Å². The second kappa shape index (κ2) is 6.62. The minimum Gasteiger partial charge on any atom is -0.481 e. The Labute approximate surface area is 103 Å². The summed E-state index contributed by atoms with van der Waals surface area (Å²) < 4.78 is 0. The largest absolute Gasteiger partial charge is 0.481 e. The van der Waals surface area contributed by atoms with Crippen LogP contribution >= 0.6 is 0 Å². The van der Waals surface area contributed by atoms with E-state index < -0.39 is 11.9 Å². The van der Waals surface area contributed by atoms with Gasteiger partial charge < -0.3 is 10.0 Å². The van der Waals surface area contributed by atoms with Crippen LogP contribution in [0.3, 0.4) is 0 Å². The van der Waals surface area contributed by atoms with Crippen molar-refractivity contribution in [1.29, 1.82) is 0 Å². The summed E-state index contributed by atoms with van der Waals surface area (Å²) in [4.78, 5) is 24.6. The summed E-state index contributed by atoms with van der Waals surface area (Å²) in [6, 6.07) is 0.311. The Morgan fingerprint density at radius 2 is 2.00 bits per heavy atom. The number of carbonyl (C=O) groups is 2. The zero-order valence-corrected chi connectivity index (χ0v) is 10.8. The maximum Gasteiger partial charge on any atom is 0.308 e. The van der Waals surface area contributed by atoms with Crippen LogP contribution in [0, 0.1) is 5.92 Å². The molecular formula is C13H23NO3. The Kier molecular flexibility index (Phi) is 5.45. The van der Waals surface area contributed by atoms with Crippen molar-refractivity contribution in [3.8, 4) is 0 Å². The molecule has 1 amide bonds. The number of aliphatic carboxylic acids is 1. The van der Waals surface area contributed by atoms with Crippen LogP contribution in [0.4, 0.5) is 0 Å². The third-order valence-electron chi connectivity index (χ3n) is 3.19. The van der Waals surface area contributed by atoms with Crippen LogP contribution in [0.5, 0.6) is 0 Å². The lowest BCUT2D eigenvalue weighted by Gasteiger charge is -2.24. The number of hydrogen-bond donors (Lipinski definition) is 1. The highest BCUT2D eigenvalue weighted by atomic mass is 16.4. The molecule has 0 heterocycles. The minimum atomic E-state index is -0.822. The molecule has 1 aliphatic carbocycles. The summed E-state index contributed by atoms with van der Waals surface area (Å²) in [6.45, 7) is 4.14. The van der Waals surface area contributed by atoms with E-state index in [0.29, 0.717) is 19.0 Å². The SMILES string of the molecule is CCCCCC(=O)N(CC(C)C(=O)O)C1CC1. The van der Waals surface area contributed by atoms with E-state index in [-0.39, 0.29) is 5.91 Å². The van der Waals surface area contributed by atoms with Crippen molar-refractivity contribution >= 4 is 11.9 Å². The zero-order chi connectivity index (χ0) is 12.8. The highest BCUT2D eigenvalue weighted by molar-refractivity contribution is 5.78. The highest BCUT2D eigenvalue weighted by Gasteiger charge is 2.33. The monoisotopic (exact) mass is 241 g/mol. The molecule has 1 fully saturated rings. The van der Waals surface area contributed by atoms with E-state index in [2.05, 4.69) is 6.92 Å². The third-order valence-corrected chi connectivity index (χ3v) is 3.19. The first-order valence-corrected chi connectivity index (χ1v) is 6.58. The maximum absolute atomic E-state index is 12.0. The smallest absolute Gasteiger partial charge is 0.308 e. The molecule has 1 atom stereocenters. The molecule has 0 bridgehead atoms. The van der Waals surface area contributed by atoms with E-state index in [4.69, 9.17) is 5.11 Å². The predicted octanol–water partition coefficient (Wildman–Crippen LogP) is 2.28. The number of carbonyl (C=O) groups excluding carboxylic acids is 1. The fraction of sp³-hybridized carbons (Fsp3) is 0.846. The molecule has 0 spiro atoms. The molecule has 1 rings (SSSR count). The topological polar surface area (TPSA) is 57.6 Å². The van der Waals surface area contributed by atoms with E-state index in [1.165, 1.54) is 0 Å². The first-order valence-electron chi connectivity index (χ1n) is 6.58. The lowest BCUT2D eigenvalue weighted by atomic mass is 10.1. The normalized spacial score (nSPS) is 16.6. The molecule has 0 aromatic heterocycles. The molecule has 1 saturated carbocycles. The van der Waals surface area contributed by atoms with Crippen LogP contribution in [0.1, 0.15) is 52.4 Å². The van der Waals surface area contributed by atoms with Crippen LogP contribution in [0.15, 0.2) is 0 Å². The Morgan fingerprint density at radius 3 is 2.47 bits per heavy atom. The fourth-order valence-electron chi connectivity index (χ4n) is 1.88. The van der Waals surface area contributed by atoms with Gasteiger partial charge >= 0.3 is 5.97 Å². The van der Waals surface area contributed by atoms with Gasteiger partial charge in [0.2, 0.25) is 5.91 Å². The van der Waals surface area contributed by atoms with Gasteiger partial charge in [-0.3, -0.25) is 9.59 Å². The van der Waals surface area contributed by atoms with Crippen molar-refractivity contribution < 1.29 is 14.7 Å². The van der Waals surface area contributed by atoms with Gasteiger partial charge in [-0.2, -0.15) is 0 Å². The molecule has 0 saturated heterocycles. The number of rotatable bonds is 8.